The molecule has 0 fully saturated rings. The minimum Gasteiger partial charge on any atom is -0.524 e. The Bertz CT molecular complexity index is 107. The molecule has 1 atom stereocenters. The van der Waals surface area contributed by atoms with Crippen LogP contribution in [0.3, 0.4) is 0 Å². The lowest BCUT2D eigenvalue weighted by Crippen LogP contribution is -2.42. The van der Waals surface area contributed by atoms with Crippen molar-refractivity contribution in [3.8, 4) is 0 Å². The van der Waals surface area contributed by atoms with Crippen molar-refractivity contribution in [1.29, 1.82) is 0 Å². The topological polar surface area (TPSA) is 131 Å². The van der Waals surface area contributed by atoms with Crippen LogP contribution >= 0.6 is 0 Å². The van der Waals surface area contributed by atoms with Gasteiger partial charge in [0, 0.05) is 0 Å². The molecule has 9 heavy (non-hydrogen) atoms. The summed E-state index contributed by atoms with van der Waals surface area (Å²) in [5.41, 5.74) is 0. The van der Waals surface area contributed by atoms with Crippen molar-refractivity contribution in [3.05, 3.63) is 15.3 Å². The lowest BCUT2D eigenvalue weighted by Gasteiger charge is -2.18. The monoisotopic (exact) mass is 141 g/mol. The molecule has 0 aliphatic rings. The minimum absolute atomic E-state index is 1.56. The van der Waals surface area contributed by atoms with Gasteiger partial charge in [0.05, 0.1) is 0 Å². The molecule has 0 amide bonds. The second kappa shape index (κ2) is 2.52. The van der Waals surface area contributed by atoms with Crippen molar-refractivity contribution in [2.24, 2.45) is 5.90 Å². The number of nitrogens with two attached hydrogens (primary N) is 1. The van der Waals surface area contributed by atoms with E-state index in [1.807, 2.05) is 0 Å². The maximum Gasteiger partial charge on any atom is 0.346 e. The molecule has 54 valence electrons. The average Bonchev–Trinajstić information content (AvgIpc) is 1.63. The second-order valence-corrected chi connectivity index (χ2v) is 0.879. The number of quaternary nitrogens is 1. The molecule has 0 aromatic carbocycles. The van der Waals surface area contributed by atoms with Crippen LogP contribution in [0.2, 0.25) is 0 Å². The van der Waals surface area contributed by atoms with Gasteiger partial charge in [0.25, 0.3) is 0 Å². The molecule has 9 heteroatoms. The van der Waals surface area contributed by atoms with E-state index < -0.39 is 10.2 Å². The van der Waals surface area contributed by atoms with Gasteiger partial charge in [0.15, 0.2) is 0 Å². The molecule has 1 unspecified atom stereocenters. The van der Waals surface area contributed by atoms with E-state index in [4.69, 9.17) is 5.21 Å². The van der Waals surface area contributed by atoms with Gasteiger partial charge in [-0.1, -0.05) is 0 Å². The third kappa shape index (κ3) is 3.57. The van der Waals surface area contributed by atoms with Crippen molar-refractivity contribution < 1.29 is 25.3 Å². The Morgan fingerprint density at radius 1 is 1.78 bits per heavy atom. The molecular formula is H3N3O6. The van der Waals surface area contributed by atoms with Gasteiger partial charge in [-0.3, -0.25) is 0 Å². The molecule has 0 rings (SSSR count). The van der Waals surface area contributed by atoms with Gasteiger partial charge in [-0.25, -0.2) is 0 Å². The van der Waals surface area contributed by atoms with Gasteiger partial charge >= 0.3 is 5.09 Å². The Kier molecular flexibility index (Phi) is 2.24. The zero-order valence-corrected chi connectivity index (χ0v) is 3.96. The highest BCUT2D eigenvalue weighted by Crippen LogP contribution is 1.96. The zero-order chi connectivity index (χ0) is 7.49. The maximum atomic E-state index is 9.76. The van der Waals surface area contributed by atoms with Crippen molar-refractivity contribution >= 4 is 0 Å². The predicted molar refractivity (Wildman–Crippen MR) is 18.8 cm³/mol. The van der Waals surface area contributed by atoms with Crippen LogP contribution in [0.1, 0.15) is 0 Å². The first kappa shape index (κ1) is 8.00. The molecule has 0 aliphatic carbocycles. The third-order valence-electron chi connectivity index (χ3n) is 0.303. The van der Waals surface area contributed by atoms with Crippen LogP contribution in [-0.4, -0.2) is 15.4 Å². The number of nitrogens with zero attached hydrogens (tertiary/aromatic N) is 2. The third-order valence-corrected chi connectivity index (χ3v) is 0.303. The number of hydrogen-bond acceptors (Lipinski definition) is 7. The first-order valence-corrected chi connectivity index (χ1v) is 1.53. The second-order valence-electron chi connectivity index (χ2n) is 0.879. The van der Waals surface area contributed by atoms with Gasteiger partial charge in [0.2, 0.25) is 0 Å². The molecule has 0 spiro atoms. The molecule has 9 nitrogen and oxygen atoms in total. The van der Waals surface area contributed by atoms with Crippen molar-refractivity contribution in [2.75, 3.05) is 0 Å². The molecule has 3 N–H and O–H groups in total. The fourth-order valence-corrected chi connectivity index (χ4v) is 0.103. The van der Waals surface area contributed by atoms with E-state index >= 15 is 0 Å². The maximum absolute atomic E-state index is 9.76. The SMILES string of the molecule is NO[N+]([O-])(O)O[N+](=O)[O-]. The van der Waals surface area contributed by atoms with Crippen LogP contribution < -0.4 is 5.90 Å². The summed E-state index contributed by atoms with van der Waals surface area (Å²) in [6, 6.07) is 0. The Balaban J connectivity index is 3.71. The van der Waals surface area contributed by atoms with E-state index in [9.17, 15) is 15.3 Å². The highest BCUT2D eigenvalue weighted by Gasteiger charge is 2.20. The van der Waals surface area contributed by atoms with Gasteiger partial charge in [-0.2, -0.15) is 5.90 Å². The molecule has 0 radical (unpaired) electrons. The largest absolute Gasteiger partial charge is 0.524 e. The van der Waals surface area contributed by atoms with Gasteiger partial charge in [0.1, 0.15) is 5.14 Å². The van der Waals surface area contributed by atoms with Crippen molar-refractivity contribution in [1.82, 2.24) is 0 Å². The minimum atomic E-state index is -3.02. The molecule has 0 saturated carbocycles. The molecule has 0 aromatic rings. The fraction of sp³-hybridized carbons (Fsp3) is 0. The van der Waals surface area contributed by atoms with E-state index in [0.29, 0.717) is 0 Å². The first-order chi connectivity index (χ1) is 3.98. The molecule has 0 aromatic heterocycles. The fourth-order valence-electron chi connectivity index (χ4n) is 0.103. The lowest BCUT2D eigenvalue weighted by atomic mass is 12.6. The summed E-state index contributed by atoms with van der Waals surface area (Å²) in [6.45, 7) is 0. The highest BCUT2D eigenvalue weighted by atomic mass is 17.4. The summed E-state index contributed by atoms with van der Waals surface area (Å²) in [5.74, 6) is 4.03. The van der Waals surface area contributed by atoms with E-state index in [1.165, 1.54) is 0 Å². The van der Waals surface area contributed by atoms with Crippen molar-refractivity contribution in [3.63, 3.8) is 0 Å². The Hall–Kier alpha value is -1.00. The normalized spacial score (nSPS) is 16.3. The summed E-state index contributed by atoms with van der Waals surface area (Å²) < 4.78 is 0. The number of hydrogen-bond donors (Lipinski definition) is 2. The van der Waals surface area contributed by atoms with Crippen LogP contribution in [0.5, 0.6) is 0 Å². The first-order valence-electron chi connectivity index (χ1n) is 1.53. The Morgan fingerprint density at radius 2 is 2.22 bits per heavy atom. The summed E-state index contributed by atoms with van der Waals surface area (Å²) in [6.07, 6.45) is 0. The summed E-state index contributed by atoms with van der Waals surface area (Å²) in [7, 11) is 0. The van der Waals surface area contributed by atoms with Gasteiger partial charge < -0.3 is 5.21 Å². The van der Waals surface area contributed by atoms with Crippen LogP contribution in [-0.2, 0) is 9.88 Å². The molecule has 0 bridgehead atoms. The lowest BCUT2D eigenvalue weighted by molar-refractivity contribution is -1.41. The Labute approximate surface area is 47.9 Å². The van der Waals surface area contributed by atoms with Crippen LogP contribution in [0.15, 0.2) is 0 Å². The highest BCUT2D eigenvalue weighted by molar-refractivity contribution is 3.87. The zero-order valence-electron chi connectivity index (χ0n) is 3.96. The van der Waals surface area contributed by atoms with Gasteiger partial charge in [-0.05, 0) is 9.88 Å². The van der Waals surface area contributed by atoms with E-state index in [0.717, 1.165) is 0 Å². The molecule has 0 saturated heterocycles. The predicted octanol–water partition coefficient (Wildman–Crippen LogP) is -1.38. The average molecular weight is 141 g/mol. The van der Waals surface area contributed by atoms with Crippen LogP contribution in [0.25, 0.3) is 0 Å². The van der Waals surface area contributed by atoms with Crippen LogP contribution in [0, 0.1) is 15.3 Å². The number of rotatable bonds is 3. The van der Waals surface area contributed by atoms with Crippen molar-refractivity contribution in [2.45, 2.75) is 0 Å². The summed E-state index contributed by atoms with van der Waals surface area (Å²) in [5, 5.41) is 22.3. The van der Waals surface area contributed by atoms with Gasteiger partial charge in [-0.15, -0.1) is 15.3 Å². The quantitative estimate of drug-likeness (QED) is 0.281. The standard InChI is InChI=1S/H3N3O6/c1-8-3(6,7)9-2(4)5/h6H,1H2. The smallest absolute Gasteiger partial charge is 0.346 e. The Morgan fingerprint density at radius 3 is 2.33 bits per heavy atom. The molecule has 0 heterocycles. The summed E-state index contributed by atoms with van der Waals surface area (Å²) in [4.78, 5) is 15.2. The van der Waals surface area contributed by atoms with E-state index in [1.54, 1.807) is 0 Å². The molecular weight excluding hydrogens is 138 g/mol. The summed E-state index contributed by atoms with van der Waals surface area (Å²) >= 11 is 0. The van der Waals surface area contributed by atoms with E-state index in [2.05, 4.69) is 15.8 Å². The molecule has 0 aliphatic heterocycles. The van der Waals surface area contributed by atoms with E-state index in [-0.39, 0.29) is 0 Å². The van der Waals surface area contributed by atoms with Crippen LogP contribution in [0.4, 0.5) is 0 Å².